The number of hydrogen-bond donors (Lipinski definition) is 1. The Labute approximate surface area is 247 Å². The van der Waals surface area contributed by atoms with Crippen molar-refractivity contribution in [2.45, 2.75) is 37.8 Å². The Morgan fingerprint density at radius 2 is 1.50 bits per heavy atom. The molecule has 0 unspecified atom stereocenters. The molecule has 0 aliphatic heterocycles. The van der Waals surface area contributed by atoms with Crippen LogP contribution in [0.4, 0.5) is 4.39 Å². The molecular weight excluding hydrogens is 553 g/mol. The molecule has 0 heterocycles. The third-order valence-corrected chi connectivity index (χ3v) is 8.84. The molecule has 4 aromatic rings. The normalized spacial score (nSPS) is 12.4. The third-order valence-electron chi connectivity index (χ3n) is 7.04. The van der Waals surface area contributed by atoms with Gasteiger partial charge >= 0.3 is 0 Å². The van der Waals surface area contributed by atoms with Crippen LogP contribution in [-0.4, -0.2) is 55.6 Å². The molecule has 4 rings (SSSR count). The van der Waals surface area contributed by atoms with E-state index in [0.717, 1.165) is 20.6 Å². The van der Waals surface area contributed by atoms with Crippen molar-refractivity contribution in [2.75, 3.05) is 20.1 Å². The summed E-state index contributed by atoms with van der Waals surface area (Å²) in [4.78, 5) is 28.9. The van der Waals surface area contributed by atoms with Crippen LogP contribution in [0.5, 0.6) is 0 Å². The van der Waals surface area contributed by atoms with Gasteiger partial charge in [-0.25, -0.2) is 12.8 Å². The Morgan fingerprint density at radius 1 is 0.857 bits per heavy atom. The molecule has 2 amide bonds. The number of halogens is 1. The molecule has 4 aromatic carbocycles. The van der Waals surface area contributed by atoms with Gasteiger partial charge in [0.05, 0.1) is 11.4 Å². The minimum absolute atomic E-state index is 0.0488. The van der Waals surface area contributed by atoms with E-state index in [1.807, 2.05) is 68.4 Å². The lowest BCUT2D eigenvalue weighted by atomic mass is 10.0. The first-order valence-corrected chi connectivity index (χ1v) is 15.3. The molecule has 0 aromatic heterocycles. The number of hydrogen-bond acceptors (Lipinski definition) is 4. The summed E-state index contributed by atoms with van der Waals surface area (Å²) in [6.45, 7) is 3.57. The molecule has 0 bridgehead atoms. The second kappa shape index (κ2) is 13.7. The van der Waals surface area contributed by atoms with E-state index < -0.39 is 40.2 Å². The van der Waals surface area contributed by atoms with Crippen molar-refractivity contribution < 1.29 is 22.4 Å². The number of amides is 2. The van der Waals surface area contributed by atoms with Gasteiger partial charge in [0.1, 0.15) is 11.9 Å². The van der Waals surface area contributed by atoms with Crippen molar-refractivity contribution in [3.05, 3.63) is 114 Å². The van der Waals surface area contributed by atoms with Crippen LogP contribution < -0.4 is 5.32 Å². The third kappa shape index (κ3) is 7.60. The first-order valence-electron chi connectivity index (χ1n) is 13.9. The number of carbonyl (C=O) groups is 2. The minimum atomic E-state index is -4.06. The SMILES string of the molecule is CC(C)CNC(=O)[C@H](Cc1ccccc1)N(Cc1ccccc1F)C(=O)CN(C)S(=O)(=O)c1ccc2ccccc2c1. The fourth-order valence-corrected chi connectivity index (χ4v) is 5.82. The Kier molecular flexibility index (Phi) is 10.1. The van der Waals surface area contributed by atoms with Gasteiger partial charge in [0.25, 0.3) is 0 Å². The average Bonchev–Trinajstić information content (AvgIpc) is 2.98. The summed E-state index contributed by atoms with van der Waals surface area (Å²) in [6.07, 6.45) is 0.173. The number of sulfonamides is 1. The number of benzene rings is 4. The van der Waals surface area contributed by atoms with Gasteiger partial charge in [-0.2, -0.15) is 4.31 Å². The van der Waals surface area contributed by atoms with E-state index in [-0.39, 0.29) is 29.3 Å². The predicted octanol–water partition coefficient (Wildman–Crippen LogP) is 5.01. The number of likely N-dealkylation sites (N-methyl/N-ethyl adjacent to an activating group) is 1. The molecule has 220 valence electrons. The van der Waals surface area contributed by atoms with Crippen molar-refractivity contribution in [3.63, 3.8) is 0 Å². The van der Waals surface area contributed by atoms with Gasteiger partial charge in [-0.1, -0.05) is 92.7 Å². The van der Waals surface area contributed by atoms with Crippen molar-refractivity contribution in [2.24, 2.45) is 5.92 Å². The highest BCUT2D eigenvalue weighted by Gasteiger charge is 2.33. The largest absolute Gasteiger partial charge is 0.354 e. The lowest BCUT2D eigenvalue weighted by Crippen LogP contribution is -2.53. The molecule has 9 heteroatoms. The fraction of sp³-hybridized carbons (Fsp3) is 0.273. The summed E-state index contributed by atoms with van der Waals surface area (Å²) in [5.74, 6) is -1.36. The number of nitrogens with zero attached hydrogens (tertiary/aromatic N) is 2. The monoisotopic (exact) mass is 589 g/mol. The van der Waals surface area contributed by atoms with Crippen LogP contribution in [0.3, 0.4) is 0 Å². The highest BCUT2D eigenvalue weighted by atomic mass is 32.2. The van der Waals surface area contributed by atoms with E-state index >= 15 is 0 Å². The number of nitrogens with one attached hydrogen (secondary N) is 1. The zero-order valence-electron chi connectivity index (χ0n) is 24.0. The van der Waals surface area contributed by atoms with Crippen molar-refractivity contribution in [1.29, 1.82) is 0 Å². The van der Waals surface area contributed by atoms with Gasteiger partial charge in [0.15, 0.2) is 0 Å². The van der Waals surface area contributed by atoms with Crippen LogP contribution in [0.1, 0.15) is 25.0 Å². The Balaban J connectivity index is 1.67. The van der Waals surface area contributed by atoms with Gasteiger partial charge in [-0.3, -0.25) is 9.59 Å². The minimum Gasteiger partial charge on any atom is -0.354 e. The zero-order chi connectivity index (χ0) is 30.3. The highest BCUT2D eigenvalue weighted by molar-refractivity contribution is 7.89. The van der Waals surface area contributed by atoms with Crippen LogP contribution in [0.2, 0.25) is 0 Å². The first-order chi connectivity index (χ1) is 20.1. The molecule has 0 fully saturated rings. The summed E-state index contributed by atoms with van der Waals surface area (Å²) in [5, 5.41) is 4.55. The van der Waals surface area contributed by atoms with E-state index in [0.29, 0.717) is 6.54 Å². The van der Waals surface area contributed by atoms with Gasteiger partial charge in [-0.15, -0.1) is 0 Å². The lowest BCUT2D eigenvalue weighted by molar-refractivity contribution is -0.141. The standard InChI is InChI=1S/C33H36FN3O4S/c1-24(2)21-35-33(39)31(19-25-11-5-4-6-12-25)37(22-28-15-9-10-16-30(28)34)32(38)23-36(3)42(40,41)29-18-17-26-13-7-8-14-27(26)20-29/h4-18,20,24,31H,19,21-23H2,1-3H3,(H,35,39)/t31-/m0/s1. The Bertz CT molecular complexity index is 1640. The van der Waals surface area contributed by atoms with Crippen molar-refractivity contribution >= 4 is 32.6 Å². The molecular formula is C33H36FN3O4S. The van der Waals surface area contributed by atoms with Crippen molar-refractivity contribution in [3.8, 4) is 0 Å². The molecule has 1 atom stereocenters. The molecule has 0 aliphatic carbocycles. The summed E-state index contributed by atoms with van der Waals surface area (Å²) in [6, 6.07) is 26.5. The van der Waals surface area contributed by atoms with E-state index in [2.05, 4.69) is 5.32 Å². The maximum atomic E-state index is 14.8. The summed E-state index contributed by atoms with van der Waals surface area (Å²) >= 11 is 0. The van der Waals surface area contributed by atoms with Gasteiger partial charge < -0.3 is 10.2 Å². The van der Waals surface area contributed by atoms with E-state index in [4.69, 9.17) is 0 Å². The molecule has 1 N–H and O–H groups in total. The Hall–Kier alpha value is -4.08. The highest BCUT2D eigenvalue weighted by Crippen LogP contribution is 2.22. The smallest absolute Gasteiger partial charge is 0.243 e. The van der Waals surface area contributed by atoms with Gasteiger partial charge in [-0.05, 0) is 40.5 Å². The first kappa shape index (κ1) is 30.9. The zero-order valence-corrected chi connectivity index (χ0v) is 24.9. The van der Waals surface area contributed by atoms with Crippen molar-refractivity contribution in [1.82, 2.24) is 14.5 Å². The topological polar surface area (TPSA) is 86.8 Å². The molecule has 42 heavy (non-hydrogen) atoms. The second-order valence-corrected chi connectivity index (χ2v) is 12.8. The number of fused-ring (bicyclic) bond motifs is 1. The van der Waals surface area contributed by atoms with Crippen LogP contribution >= 0.6 is 0 Å². The van der Waals surface area contributed by atoms with Crippen LogP contribution in [0.15, 0.2) is 102 Å². The number of rotatable bonds is 12. The molecule has 0 aliphatic rings. The van der Waals surface area contributed by atoms with Crippen LogP contribution in [0, 0.1) is 11.7 Å². The maximum absolute atomic E-state index is 14.8. The van der Waals surface area contributed by atoms with Crippen LogP contribution in [0.25, 0.3) is 10.8 Å². The second-order valence-electron chi connectivity index (χ2n) is 10.7. The molecule has 0 saturated carbocycles. The van der Waals surface area contributed by atoms with E-state index in [9.17, 15) is 22.4 Å². The Morgan fingerprint density at radius 3 is 2.19 bits per heavy atom. The lowest BCUT2D eigenvalue weighted by Gasteiger charge is -2.33. The van der Waals surface area contributed by atoms with Gasteiger partial charge in [0, 0.05) is 32.1 Å². The molecule has 0 saturated heterocycles. The van der Waals surface area contributed by atoms with Gasteiger partial charge in [0.2, 0.25) is 21.8 Å². The summed E-state index contributed by atoms with van der Waals surface area (Å²) in [5.41, 5.74) is 1.03. The quantitative estimate of drug-likeness (QED) is 0.252. The van der Waals surface area contributed by atoms with E-state index in [1.54, 1.807) is 30.3 Å². The predicted molar refractivity (Wildman–Crippen MR) is 162 cm³/mol. The summed E-state index contributed by atoms with van der Waals surface area (Å²) in [7, 11) is -2.73. The van der Waals surface area contributed by atoms with E-state index in [1.165, 1.54) is 24.1 Å². The fourth-order valence-electron chi connectivity index (χ4n) is 4.66. The van der Waals surface area contributed by atoms with Crippen LogP contribution in [-0.2, 0) is 32.6 Å². The molecule has 7 nitrogen and oxygen atoms in total. The maximum Gasteiger partial charge on any atom is 0.243 e. The number of carbonyl (C=O) groups excluding carboxylic acids is 2. The molecule has 0 radical (unpaired) electrons. The summed E-state index contributed by atoms with van der Waals surface area (Å²) < 4.78 is 42.9. The average molecular weight is 590 g/mol. The molecule has 0 spiro atoms.